The molecule has 1 N–H and O–H groups in total. The standard InChI is InChI=1S/C18H22N2O/c1-19-17-7-4-6-14-10-20(12-16(14)17)11-15-9-13-5-2-3-8-18(13)21-15/h2-3,5,8,10,12,15,17,19H,4,6-7,9,11H2,1H3. The summed E-state index contributed by atoms with van der Waals surface area (Å²) in [4.78, 5) is 0. The fourth-order valence-corrected chi connectivity index (χ4v) is 3.74. The van der Waals surface area contributed by atoms with Crippen LogP contribution in [0.3, 0.4) is 0 Å². The monoisotopic (exact) mass is 282 g/mol. The maximum absolute atomic E-state index is 6.06. The van der Waals surface area contributed by atoms with Gasteiger partial charge in [0.1, 0.15) is 11.9 Å². The van der Waals surface area contributed by atoms with Gasteiger partial charge in [-0.3, -0.25) is 0 Å². The van der Waals surface area contributed by atoms with Gasteiger partial charge >= 0.3 is 0 Å². The summed E-state index contributed by atoms with van der Waals surface area (Å²) in [6.45, 7) is 0.943. The second-order valence-corrected chi connectivity index (χ2v) is 6.22. The molecule has 1 aromatic heterocycles. The number of fused-ring (bicyclic) bond motifs is 2. The predicted molar refractivity (Wildman–Crippen MR) is 83.7 cm³/mol. The molecular weight excluding hydrogens is 260 g/mol. The number of rotatable bonds is 3. The zero-order chi connectivity index (χ0) is 14.2. The van der Waals surface area contributed by atoms with Crippen molar-refractivity contribution in [2.75, 3.05) is 7.05 Å². The summed E-state index contributed by atoms with van der Waals surface area (Å²) < 4.78 is 8.39. The Morgan fingerprint density at radius 1 is 1.24 bits per heavy atom. The SMILES string of the molecule is CNC1CCCc2cn(CC3Cc4ccccc4O3)cc21. The van der Waals surface area contributed by atoms with Crippen LogP contribution in [0.5, 0.6) is 5.75 Å². The molecule has 0 bridgehead atoms. The molecule has 2 aliphatic rings. The van der Waals surface area contributed by atoms with E-state index in [4.69, 9.17) is 4.74 Å². The quantitative estimate of drug-likeness (QED) is 0.936. The first-order valence-corrected chi connectivity index (χ1v) is 7.94. The van der Waals surface area contributed by atoms with Gasteiger partial charge < -0.3 is 14.6 Å². The van der Waals surface area contributed by atoms with Crippen molar-refractivity contribution in [3.8, 4) is 5.75 Å². The summed E-state index contributed by atoms with van der Waals surface area (Å²) in [6.07, 6.45) is 9.69. The predicted octanol–water partition coefficient (Wildman–Crippen LogP) is 3.09. The Hall–Kier alpha value is -1.74. The molecule has 3 nitrogen and oxygen atoms in total. The average Bonchev–Trinajstić information content (AvgIpc) is 3.09. The topological polar surface area (TPSA) is 26.2 Å². The van der Waals surface area contributed by atoms with Crippen LogP contribution in [0.4, 0.5) is 0 Å². The van der Waals surface area contributed by atoms with Crippen LogP contribution >= 0.6 is 0 Å². The van der Waals surface area contributed by atoms with E-state index in [1.54, 1.807) is 0 Å². The third-order valence-electron chi connectivity index (χ3n) is 4.79. The Balaban J connectivity index is 1.51. The highest BCUT2D eigenvalue weighted by Gasteiger charge is 2.25. The van der Waals surface area contributed by atoms with Crippen molar-refractivity contribution in [1.29, 1.82) is 0 Å². The average molecular weight is 282 g/mol. The molecule has 0 saturated heterocycles. The third-order valence-corrected chi connectivity index (χ3v) is 4.79. The van der Waals surface area contributed by atoms with Crippen molar-refractivity contribution in [2.24, 2.45) is 0 Å². The Morgan fingerprint density at radius 2 is 2.14 bits per heavy atom. The van der Waals surface area contributed by atoms with Crippen molar-refractivity contribution in [2.45, 2.75) is 44.4 Å². The molecule has 2 atom stereocenters. The first-order valence-electron chi connectivity index (χ1n) is 7.94. The Morgan fingerprint density at radius 3 is 3.00 bits per heavy atom. The molecule has 2 heterocycles. The van der Waals surface area contributed by atoms with Gasteiger partial charge in [0.15, 0.2) is 0 Å². The molecule has 0 spiro atoms. The first kappa shape index (κ1) is 13.0. The molecule has 4 rings (SSSR count). The van der Waals surface area contributed by atoms with E-state index < -0.39 is 0 Å². The van der Waals surface area contributed by atoms with Gasteiger partial charge in [-0.15, -0.1) is 0 Å². The van der Waals surface area contributed by atoms with E-state index in [0.29, 0.717) is 6.04 Å². The van der Waals surface area contributed by atoms with Crippen LogP contribution in [-0.4, -0.2) is 17.7 Å². The van der Waals surface area contributed by atoms with E-state index in [0.717, 1.165) is 18.7 Å². The van der Waals surface area contributed by atoms with Crippen LogP contribution < -0.4 is 10.1 Å². The van der Waals surface area contributed by atoms with Gasteiger partial charge in [0.2, 0.25) is 0 Å². The van der Waals surface area contributed by atoms with Gasteiger partial charge in [-0.05, 0) is 49.1 Å². The maximum Gasteiger partial charge on any atom is 0.123 e. The number of nitrogens with zero attached hydrogens (tertiary/aromatic N) is 1. The van der Waals surface area contributed by atoms with Crippen LogP contribution in [0.2, 0.25) is 0 Å². The molecule has 2 aromatic rings. The lowest BCUT2D eigenvalue weighted by Crippen LogP contribution is -2.21. The molecule has 110 valence electrons. The van der Waals surface area contributed by atoms with E-state index in [-0.39, 0.29) is 6.10 Å². The van der Waals surface area contributed by atoms with Gasteiger partial charge in [-0.1, -0.05) is 18.2 Å². The minimum Gasteiger partial charge on any atom is -0.488 e. The second kappa shape index (κ2) is 5.23. The highest BCUT2D eigenvalue weighted by atomic mass is 16.5. The fourth-order valence-electron chi connectivity index (χ4n) is 3.74. The molecule has 1 aliphatic carbocycles. The maximum atomic E-state index is 6.06. The van der Waals surface area contributed by atoms with Crippen molar-refractivity contribution >= 4 is 0 Å². The summed E-state index contributed by atoms with van der Waals surface area (Å²) in [5, 5.41) is 3.44. The normalized spacial score (nSPS) is 23.5. The van der Waals surface area contributed by atoms with E-state index >= 15 is 0 Å². The number of aryl methyl sites for hydroxylation is 1. The number of para-hydroxylation sites is 1. The smallest absolute Gasteiger partial charge is 0.123 e. The van der Waals surface area contributed by atoms with Crippen LogP contribution in [0, 0.1) is 0 Å². The van der Waals surface area contributed by atoms with E-state index in [2.05, 4.69) is 47.5 Å². The number of nitrogens with one attached hydrogen (secondary N) is 1. The summed E-state index contributed by atoms with van der Waals surface area (Å²) in [6, 6.07) is 8.92. The van der Waals surface area contributed by atoms with Gasteiger partial charge in [0.05, 0.1) is 6.54 Å². The third kappa shape index (κ3) is 2.36. The lowest BCUT2D eigenvalue weighted by molar-refractivity contribution is 0.209. The highest BCUT2D eigenvalue weighted by molar-refractivity contribution is 5.37. The number of hydrogen-bond donors (Lipinski definition) is 1. The molecule has 0 amide bonds. The van der Waals surface area contributed by atoms with Gasteiger partial charge in [-0.2, -0.15) is 0 Å². The van der Waals surface area contributed by atoms with Crippen molar-refractivity contribution in [3.05, 3.63) is 53.3 Å². The number of aromatic nitrogens is 1. The number of benzene rings is 1. The Bertz CT molecular complexity index is 621. The molecule has 0 radical (unpaired) electrons. The highest BCUT2D eigenvalue weighted by Crippen LogP contribution is 2.32. The molecule has 0 fully saturated rings. The number of ether oxygens (including phenoxy) is 1. The van der Waals surface area contributed by atoms with Crippen molar-refractivity contribution < 1.29 is 4.74 Å². The van der Waals surface area contributed by atoms with Crippen LogP contribution in [0.25, 0.3) is 0 Å². The lowest BCUT2D eigenvalue weighted by Gasteiger charge is -2.21. The van der Waals surface area contributed by atoms with Gasteiger partial charge in [0, 0.05) is 24.9 Å². The van der Waals surface area contributed by atoms with Gasteiger partial charge in [0.25, 0.3) is 0 Å². The lowest BCUT2D eigenvalue weighted by atomic mass is 9.91. The Kier molecular flexibility index (Phi) is 3.23. The summed E-state index contributed by atoms with van der Waals surface area (Å²) in [7, 11) is 2.06. The zero-order valence-electron chi connectivity index (χ0n) is 12.5. The van der Waals surface area contributed by atoms with Crippen LogP contribution in [-0.2, 0) is 19.4 Å². The van der Waals surface area contributed by atoms with E-state index in [1.807, 2.05) is 6.07 Å². The number of hydrogen-bond acceptors (Lipinski definition) is 2. The summed E-state index contributed by atoms with van der Waals surface area (Å²) >= 11 is 0. The molecule has 1 aromatic carbocycles. The molecular formula is C18H22N2O. The van der Waals surface area contributed by atoms with E-state index in [9.17, 15) is 0 Å². The molecule has 2 unspecified atom stereocenters. The molecule has 21 heavy (non-hydrogen) atoms. The largest absolute Gasteiger partial charge is 0.488 e. The summed E-state index contributed by atoms with van der Waals surface area (Å²) in [5.74, 6) is 1.06. The molecule has 1 aliphatic heterocycles. The Labute approximate surface area is 125 Å². The summed E-state index contributed by atoms with van der Waals surface area (Å²) in [5.41, 5.74) is 4.34. The minimum absolute atomic E-state index is 0.268. The molecule has 3 heteroatoms. The first-order chi connectivity index (χ1) is 10.3. The zero-order valence-corrected chi connectivity index (χ0v) is 12.5. The van der Waals surface area contributed by atoms with Crippen LogP contribution in [0.15, 0.2) is 36.7 Å². The van der Waals surface area contributed by atoms with Crippen molar-refractivity contribution in [1.82, 2.24) is 9.88 Å². The fraction of sp³-hybridized carbons (Fsp3) is 0.444. The van der Waals surface area contributed by atoms with Crippen LogP contribution in [0.1, 0.15) is 35.6 Å². The van der Waals surface area contributed by atoms with Gasteiger partial charge in [-0.25, -0.2) is 0 Å². The second-order valence-electron chi connectivity index (χ2n) is 6.22. The van der Waals surface area contributed by atoms with Crippen molar-refractivity contribution in [3.63, 3.8) is 0 Å². The minimum atomic E-state index is 0.268. The molecule has 0 saturated carbocycles. The van der Waals surface area contributed by atoms with E-state index in [1.165, 1.54) is 36.0 Å².